The third-order valence-corrected chi connectivity index (χ3v) is 6.20. The van der Waals surface area contributed by atoms with Crippen LogP contribution in [0.5, 0.6) is 5.75 Å². The van der Waals surface area contributed by atoms with E-state index >= 15 is 0 Å². The SMILES string of the molecule is CNCC(O)COc1cccc(-c2nc(NC3CCOCC3)cc(-c3c(C)cn(C)c3C)n2)c1. The summed E-state index contributed by atoms with van der Waals surface area (Å²) in [6.45, 7) is 6.43. The lowest BCUT2D eigenvalue weighted by Crippen LogP contribution is -2.29. The fourth-order valence-electron chi connectivity index (χ4n) is 4.34. The maximum Gasteiger partial charge on any atom is 0.162 e. The fraction of sp³-hybridized carbons (Fsp3) is 0.462. The molecule has 8 nitrogen and oxygen atoms in total. The van der Waals surface area contributed by atoms with Crippen LogP contribution in [0, 0.1) is 13.8 Å². The van der Waals surface area contributed by atoms with Crippen molar-refractivity contribution in [2.24, 2.45) is 7.05 Å². The van der Waals surface area contributed by atoms with Crippen LogP contribution in [0.25, 0.3) is 22.6 Å². The van der Waals surface area contributed by atoms with Gasteiger partial charge in [0.15, 0.2) is 5.82 Å². The average molecular weight is 466 g/mol. The van der Waals surface area contributed by atoms with Crippen LogP contribution in [0.3, 0.4) is 0 Å². The molecular formula is C26H35N5O3. The standard InChI is InChI=1S/C26H35N5O3/c1-17-15-31(4)18(2)25(17)23-13-24(28-20-8-10-33-11-9-20)30-26(29-23)19-6-5-7-22(12-19)34-16-21(32)14-27-3/h5-7,12-13,15,20-21,27,32H,8-11,14,16H2,1-4H3,(H,28,29,30). The van der Waals surface area contributed by atoms with Crippen LogP contribution in [0.1, 0.15) is 24.1 Å². The van der Waals surface area contributed by atoms with E-state index in [0.717, 1.165) is 54.4 Å². The van der Waals surface area contributed by atoms with Crippen LogP contribution in [0.2, 0.25) is 0 Å². The molecule has 1 fully saturated rings. The fourth-order valence-corrected chi connectivity index (χ4v) is 4.34. The number of nitrogens with one attached hydrogen (secondary N) is 2. The average Bonchev–Trinajstić information content (AvgIpc) is 3.09. The van der Waals surface area contributed by atoms with Crippen LogP contribution in [-0.2, 0) is 11.8 Å². The summed E-state index contributed by atoms with van der Waals surface area (Å²) in [6.07, 6.45) is 3.46. The van der Waals surface area contributed by atoms with E-state index in [1.54, 1.807) is 7.05 Å². The van der Waals surface area contributed by atoms with Crippen molar-refractivity contribution in [3.8, 4) is 28.4 Å². The maximum atomic E-state index is 9.97. The van der Waals surface area contributed by atoms with Gasteiger partial charge in [-0.1, -0.05) is 12.1 Å². The first-order chi connectivity index (χ1) is 16.4. The second kappa shape index (κ2) is 11.0. The molecule has 8 heteroatoms. The van der Waals surface area contributed by atoms with Crippen LogP contribution in [-0.4, -0.2) is 65.2 Å². The van der Waals surface area contributed by atoms with Gasteiger partial charge >= 0.3 is 0 Å². The first-order valence-corrected chi connectivity index (χ1v) is 11.9. The van der Waals surface area contributed by atoms with Gasteiger partial charge in [0, 0.05) is 61.9 Å². The van der Waals surface area contributed by atoms with Crippen LogP contribution >= 0.6 is 0 Å². The Bertz CT molecular complexity index is 1110. The highest BCUT2D eigenvalue weighted by Crippen LogP contribution is 2.31. The summed E-state index contributed by atoms with van der Waals surface area (Å²) in [5, 5.41) is 16.5. The molecule has 1 saturated heterocycles. The second-order valence-electron chi connectivity index (χ2n) is 8.93. The molecular weight excluding hydrogens is 430 g/mol. The lowest BCUT2D eigenvalue weighted by molar-refractivity contribution is 0.0904. The molecule has 0 amide bonds. The van der Waals surface area contributed by atoms with Gasteiger partial charge in [0.05, 0.1) is 5.69 Å². The van der Waals surface area contributed by atoms with E-state index in [0.29, 0.717) is 24.2 Å². The highest BCUT2D eigenvalue weighted by Gasteiger charge is 2.18. The third kappa shape index (κ3) is 5.75. The quantitative estimate of drug-likeness (QED) is 0.446. The molecule has 1 atom stereocenters. The molecule has 0 saturated carbocycles. The summed E-state index contributed by atoms with van der Waals surface area (Å²) < 4.78 is 13.5. The lowest BCUT2D eigenvalue weighted by atomic mass is 10.1. The van der Waals surface area contributed by atoms with Crippen molar-refractivity contribution in [2.75, 3.05) is 38.7 Å². The number of ether oxygens (including phenoxy) is 2. The van der Waals surface area contributed by atoms with Crippen molar-refractivity contribution >= 4 is 5.82 Å². The molecule has 34 heavy (non-hydrogen) atoms. The molecule has 4 rings (SSSR count). The van der Waals surface area contributed by atoms with Crippen molar-refractivity contribution in [1.29, 1.82) is 0 Å². The highest BCUT2D eigenvalue weighted by molar-refractivity contribution is 5.72. The minimum absolute atomic E-state index is 0.212. The van der Waals surface area contributed by atoms with E-state index in [-0.39, 0.29) is 6.61 Å². The van der Waals surface area contributed by atoms with E-state index in [9.17, 15) is 5.11 Å². The van der Waals surface area contributed by atoms with Gasteiger partial charge in [-0.15, -0.1) is 0 Å². The zero-order chi connectivity index (χ0) is 24.1. The van der Waals surface area contributed by atoms with Crippen LogP contribution < -0.4 is 15.4 Å². The number of hydrogen-bond acceptors (Lipinski definition) is 7. The lowest BCUT2D eigenvalue weighted by Gasteiger charge is -2.24. The van der Waals surface area contributed by atoms with E-state index in [1.807, 2.05) is 30.3 Å². The van der Waals surface area contributed by atoms with Gasteiger partial charge in [0.25, 0.3) is 0 Å². The van der Waals surface area contributed by atoms with E-state index in [1.165, 1.54) is 5.56 Å². The van der Waals surface area contributed by atoms with Crippen molar-refractivity contribution in [1.82, 2.24) is 19.9 Å². The smallest absolute Gasteiger partial charge is 0.162 e. The second-order valence-corrected chi connectivity index (χ2v) is 8.93. The van der Waals surface area contributed by atoms with Gasteiger partial charge in [0.1, 0.15) is 24.3 Å². The van der Waals surface area contributed by atoms with Crippen LogP contribution in [0.15, 0.2) is 36.5 Å². The molecule has 0 bridgehead atoms. The molecule has 3 N–H and O–H groups in total. The third-order valence-electron chi connectivity index (χ3n) is 6.20. The molecule has 2 aromatic heterocycles. The number of aryl methyl sites for hydroxylation is 2. The zero-order valence-corrected chi connectivity index (χ0v) is 20.5. The Morgan fingerprint density at radius 1 is 1.21 bits per heavy atom. The molecule has 0 aliphatic carbocycles. The summed E-state index contributed by atoms with van der Waals surface area (Å²) in [5.41, 5.74) is 5.23. The Morgan fingerprint density at radius 3 is 2.71 bits per heavy atom. The minimum Gasteiger partial charge on any atom is -0.491 e. The first kappa shape index (κ1) is 24.2. The highest BCUT2D eigenvalue weighted by atomic mass is 16.5. The molecule has 1 aromatic carbocycles. The first-order valence-electron chi connectivity index (χ1n) is 11.9. The number of aliphatic hydroxyl groups is 1. The van der Waals surface area contributed by atoms with Crippen molar-refractivity contribution < 1.29 is 14.6 Å². The summed E-state index contributed by atoms with van der Waals surface area (Å²) in [5.74, 6) is 2.12. The Hall–Kier alpha value is -2.94. The summed E-state index contributed by atoms with van der Waals surface area (Å²) in [6, 6.07) is 10.1. The monoisotopic (exact) mass is 465 g/mol. The number of likely N-dealkylation sites (N-methyl/N-ethyl adjacent to an activating group) is 1. The Morgan fingerprint density at radius 2 is 2.00 bits per heavy atom. The summed E-state index contributed by atoms with van der Waals surface area (Å²) >= 11 is 0. The molecule has 1 aliphatic rings. The van der Waals surface area contributed by atoms with Gasteiger partial charge in [-0.05, 0) is 51.4 Å². The number of aromatic nitrogens is 3. The molecule has 182 valence electrons. The number of anilines is 1. The van der Waals surface area contributed by atoms with Crippen LogP contribution in [0.4, 0.5) is 5.82 Å². The van der Waals surface area contributed by atoms with Crippen molar-refractivity contribution in [2.45, 2.75) is 38.8 Å². The summed E-state index contributed by atoms with van der Waals surface area (Å²) in [7, 11) is 3.86. The molecule has 0 radical (unpaired) electrons. The van der Waals surface area contributed by atoms with Gasteiger partial charge in [-0.25, -0.2) is 9.97 Å². The van der Waals surface area contributed by atoms with Gasteiger partial charge in [-0.2, -0.15) is 0 Å². The maximum absolute atomic E-state index is 9.97. The number of aliphatic hydroxyl groups excluding tert-OH is 1. The predicted molar refractivity (Wildman–Crippen MR) is 134 cm³/mol. The Kier molecular flexibility index (Phi) is 7.82. The van der Waals surface area contributed by atoms with Crippen molar-refractivity contribution in [3.05, 3.63) is 47.8 Å². The zero-order valence-electron chi connectivity index (χ0n) is 20.5. The molecule has 1 unspecified atom stereocenters. The van der Waals surface area contributed by atoms with Gasteiger partial charge in [-0.3, -0.25) is 0 Å². The van der Waals surface area contributed by atoms with E-state index in [4.69, 9.17) is 19.4 Å². The Balaban J connectivity index is 1.68. The largest absolute Gasteiger partial charge is 0.491 e. The number of benzene rings is 1. The number of nitrogens with zero attached hydrogens (tertiary/aromatic N) is 3. The summed E-state index contributed by atoms with van der Waals surface area (Å²) in [4.78, 5) is 9.83. The van der Waals surface area contributed by atoms with E-state index in [2.05, 4.69) is 42.3 Å². The molecule has 3 heterocycles. The number of rotatable bonds is 9. The molecule has 0 spiro atoms. The number of hydrogen-bond donors (Lipinski definition) is 3. The minimum atomic E-state index is -0.576. The topological polar surface area (TPSA) is 93.5 Å². The predicted octanol–water partition coefficient (Wildman–Crippen LogP) is 3.32. The Labute approximate surface area is 201 Å². The van der Waals surface area contributed by atoms with Gasteiger partial charge in [0.2, 0.25) is 0 Å². The molecule has 1 aliphatic heterocycles. The normalized spacial score (nSPS) is 15.3. The molecule has 3 aromatic rings. The van der Waals surface area contributed by atoms with Gasteiger partial charge < -0.3 is 29.8 Å². The van der Waals surface area contributed by atoms with Crippen molar-refractivity contribution in [3.63, 3.8) is 0 Å². The van der Waals surface area contributed by atoms with E-state index < -0.39 is 6.10 Å².